The summed E-state index contributed by atoms with van der Waals surface area (Å²) in [4.78, 5) is 41.4. The first-order chi connectivity index (χ1) is 13.5. The van der Waals surface area contributed by atoms with Crippen molar-refractivity contribution in [1.29, 1.82) is 0 Å². The Morgan fingerprint density at radius 1 is 1.18 bits per heavy atom. The summed E-state index contributed by atoms with van der Waals surface area (Å²) in [6.45, 7) is 2.47. The molecule has 148 valence electrons. The standard InChI is InChI=1S/C19H22N4O5/c1-4-27-14-9-6-5-8-13(14)18(25)28-11-7-10-23-17(24)15-16(20-12-21(15)2)22(3)19(23)26/h5-6,8-9,12H,4,7,10-11H2,1-3H3. The van der Waals surface area contributed by atoms with Crippen molar-refractivity contribution < 1.29 is 14.3 Å². The van der Waals surface area contributed by atoms with Crippen LogP contribution >= 0.6 is 0 Å². The highest BCUT2D eigenvalue weighted by Gasteiger charge is 2.16. The number of aromatic nitrogens is 4. The number of aryl methyl sites for hydroxylation is 2. The lowest BCUT2D eigenvalue weighted by Gasteiger charge is -2.11. The molecular weight excluding hydrogens is 364 g/mol. The molecule has 2 heterocycles. The third kappa shape index (κ3) is 3.55. The van der Waals surface area contributed by atoms with Crippen molar-refractivity contribution in [2.24, 2.45) is 14.1 Å². The zero-order valence-corrected chi connectivity index (χ0v) is 16.0. The number of carbonyl (C=O) groups excluding carboxylic acids is 1. The van der Waals surface area contributed by atoms with Crippen LogP contribution in [-0.4, -0.2) is 37.9 Å². The van der Waals surface area contributed by atoms with Crippen molar-refractivity contribution in [2.75, 3.05) is 13.2 Å². The average molecular weight is 386 g/mol. The van der Waals surface area contributed by atoms with Crippen LogP contribution in [0.25, 0.3) is 11.2 Å². The molecule has 2 aromatic heterocycles. The molecule has 0 unspecified atom stereocenters. The first kappa shape index (κ1) is 19.4. The first-order valence-corrected chi connectivity index (χ1v) is 8.95. The van der Waals surface area contributed by atoms with Gasteiger partial charge in [0.25, 0.3) is 5.56 Å². The van der Waals surface area contributed by atoms with E-state index in [2.05, 4.69) is 4.98 Å². The summed E-state index contributed by atoms with van der Waals surface area (Å²) in [5.74, 6) is -0.0480. The van der Waals surface area contributed by atoms with E-state index < -0.39 is 17.2 Å². The zero-order valence-electron chi connectivity index (χ0n) is 16.0. The molecule has 0 saturated carbocycles. The van der Waals surface area contributed by atoms with Crippen LogP contribution < -0.4 is 16.0 Å². The number of benzene rings is 1. The minimum absolute atomic E-state index is 0.0678. The number of hydrogen-bond donors (Lipinski definition) is 0. The van der Waals surface area contributed by atoms with Gasteiger partial charge in [0.1, 0.15) is 11.3 Å². The number of ether oxygens (including phenoxy) is 2. The maximum atomic E-state index is 12.6. The van der Waals surface area contributed by atoms with E-state index in [9.17, 15) is 14.4 Å². The Kier molecular flexibility index (Phi) is 5.62. The Morgan fingerprint density at radius 2 is 1.93 bits per heavy atom. The molecule has 0 fully saturated rings. The number of hydrogen-bond acceptors (Lipinski definition) is 6. The highest BCUT2D eigenvalue weighted by atomic mass is 16.5. The third-order valence-electron chi connectivity index (χ3n) is 4.37. The predicted octanol–water partition coefficient (Wildman–Crippen LogP) is 1.08. The van der Waals surface area contributed by atoms with E-state index in [0.717, 1.165) is 4.57 Å². The lowest BCUT2D eigenvalue weighted by atomic mass is 10.2. The highest BCUT2D eigenvalue weighted by molar-refractivity contribution is 5.92. The molecule has 0 radical (unpaired) electrons. The Labute approximate surface area is 160 Å². The predicted molar refractivity (Wildman–Crippen MR) is 103 cm³/mol. The van der Waals surface area contributed by atoms with Crippen LogP contribution in [-0.2, 0) is 25.4 Å². The van der Waals surface area contributed by atoms with E-state index in [0.29, 0.717) is 35.5 Å². The van der Waals surface area contributed by atoms with E-state index in [1.54, 1.807) is 42.9 Å². The van der Waals surface area contributed by atoms with Crippen LogP contribution in [0.2, 0.25) is 0 Å². The van der Waals surface area contributed by atoms with Gasteiger partial charge in [-0.15, -0.1) is 0 Å². The highest BCUT2D eigenvalue weighted by Crippen LogP contribution is 2.18. The topological polar surface area (TPSA) is 97.3 Å². The minimum Gasteiger partial charge on any atom is -0.493 e. The number of nitrogens with zero attached hydrogens (tertiary/aromatic N) is 4. The number of para-hydroxylation sites is 1. The maximum absolute atomic E-state index is 12.6. The normalized spacial score (nSPS) is 11.0. The van der Waals surface area contributed by atoms with Crippen LogP contribution in [0.1, 0.15) is 23.7 Å². The van der Waals surface area contributed by atoms with Gasteiger partial charge in [0.05, 0.1) is 19.5 Å². The second-order valence-corrected chi connectivity index (χ2v) is 6.24. The van der Waals surface area contributed by atoms with E-state index in [1.807, 2.05) is 6.92 Å². The van der Waals surface area contributed by atoms with E-state index in [1.165, 1.54) is 10.9 Å². The zero-order chi connectivity index (χ0) is 20.3. The van der Waals surface area contributed by atoms with Gasteiger partial charge in [-0.1, -0.05) is 12.1 Å². The summed E-state index contributed by atoms with van der Waals surface area (Å²) in [5.41, 5.74) is 0.168. The maximum Gasteiger partial charge on any atom is 0.341 e. The van der Waals surface area contributed by atoms with Gasteiger partial charge in [0.15, 0.2) is 11.2 Å². The van der Waals surface area contributed by atoms with E-state index in [-0.39, 0.29) is 13.2 Å². The summed E-state index contributed by atoms with van der Waals surface area (Å²) >= 11 is 0. The van der Waals surface area contributed by atoms with Gasteiger partial charge in [0.2, 0.25) is 0 Å². The molecular formula is C19H22N4O5. The van der Waals surface area contributed by atoms with Gasteiger partial charge in [-0.2, -0.15) is 0 Å². The van der Waals surface area contributed by atoms with Crippen LogP contribution in [0.15, 0.2) is 40.2 Å². The molecule has 0 aliphatic heterocycles. The van der Waals surface area contributed by atoms with Gasteiger partial charge < -0.3 is 14.0 Å². The number of carbonyl (C=O) groups is 1. The van der Waals surface area contributed by atoms with Gasteiger partial charge in [-0.25, -0.2) is 14.6 Å². The van der Waals surface area contributed by atoms with E-state index in [4.69, 9.17) is 9.47 Å². The molecule has 0 aliphatic rings. The average Bonchev–Trinajstić information content (AvgIpc) is 3.08. The molecule has 0 amide bonds. The summed E-state index contributed by atoms with van der Waals surface area (Å²) in [6, 6.07) is 6.83. The fourth-order valence-electron chi connectivity index (χ4n) is 2.98. The van der Waals surface area contributed by atoms with Gasteiger partial charge >= 0.3 is 11.7 Å². The van der Waals surface area contributed by atoms with Crippen molar-refractivity contribution in [3.8, 4) is 5.75 Å². The summed E-state index contributed by atoms with van der Waals surface area (Å²) in [5, 5.41) is 0. The Balaban J connectivity index is 1.70. The van der Waals surface area contributed by atoms with E-state index >= 15 is 0 Å². The largest absolute Gasteiger partial charge is 0.493 e. The fourth-order valence-corrected chi connectivity index (χ4v) is 2.98. The lowest BCUT2D eigenvalue weighted by Crippen LogP contribution is -2.39. The summed E-state index contributed by atoms with van der Waals surface area (Å²) in [6.07, 6.45) is 1.81. The van der Waals surface area contributed by atoms with Gasteiger partial charge in [-0.3, -0.25) is 13.9 Å². The van der Waals surface area contributed by atoms with Gasteiger partial charge in [-0.05, 0) is 25.5 Å². The molecule has 0 N–H and O–H groups in total. The number of rotatable bonds is 7. The molecule has 0 atom stereocenters. The van der Waals surface area contributed by atoms with Crippen LogP contribution in [0.3, 0.4) is 0 Å². The Bertz CT molecular complexity index is 1130. The molecule has 3 aromatic rings. The molecule has 0 spiro atoms. The van der Waals surface area contributed by atoms with Crippen LogP contribution in [0.5, 0.6) is 5.75 Å². The Hall–Kier alpha value is -3.36. The molecule has 3 rings (SSSR count). The smallest absolute Gasteiger partial charge is 0.341 e. The van der Waals surface area contributed by atoms with Crippen molar-refractivity contribution in [1.82, 2.24) is 18.7 Å². The molecule has 28 heavy (non-hydrogen) atoms. The molecule has 0 saturated heterocycles. The summed E-state index contributed by atoms with van der Waals surface area (Å²) in [7, 11) is 3.27. The molecule has 9 heteroatoms. The quantitative estimate of drug-likeness (QED) is 0.445. The first-order valence-electron chi connectivity index (χ1n) is 8.95. The molecule has 9 nitrogen and oxygen atoms in total. The van der Waals surface area contributed by atoms with Crippen molar-refractivity contribution in [2.45, 2.75) is 19.9 Å². The fraction of sp³-hybridized carbons (Fsp3) is 0.368. The second kappa shape index (κ2) is 8.12. The number of fused-ring (bicyclic) bond motifs is 1. The molecule has 0 aliphatic carbocycles. The number of esters is 1. The van der Waals surface area contributed by atoms with Crippen LogP contribution in [0.4, 0.5) is 0 Å². The minimum atomic E-state index is -0.508. The molecule has 1 aromatic carbocycles. The third-order valence-corrected chi connectivity index (χ3v) is 4.37. The van der Waals surface area contributed by atoms with Crippen molar-refractivity contribution >= 4 is 17.1 Å². The van der Waals surface area contributed by atoms with Crippen LogP contribution in [0, 0.1) is 0 Å². The van der Waals surface area contributed by atoms with Crippen molar-refractivity contribution in [3.63, 3.8) is 0 Å². The van der Waals surface area contributed by atoms with Crippen molar-refractivity contribution in [3.05, 3.63) is 57.0 Å². The lowest BCUT2D eigenvalue weighted by molar-refractivity contribution is 0.0491. The Morgan fingerprint density at radius 3 is 2.68 bits per heavy atom. The second-order valence-electron chi connectivity index (χ2n) is 6.24. The summed E-state index contributed by atoms with van der Waals surface area (Å²) < 4.78 is 14.8. The SMILES string of the molecule is CCOc1ccccc1C(=O)OCCCn1c(=O)c2c(ncn2C)n(C)c1=O. The molecule has 0 bridgehead atoms. The monoisotopic (exact) mass is 386 g/mol. The van der Waals surface area contributed by atoms with Gasteiger partial charge in [0, 0.05) is 20.6 Å². The number of imidazole rings is 1.